The molecule has 3 heteroatoms. The average molecular weight is 230 g/mol. The first-order valence-corrected chi connectivity index (χ1v) is 6.13. The lowest BCUT2D eigenvalue weighted by Crippen LogP contribution is -2.43. The number of hydrogen-bond acceptors (Lipinski definition) is 3. The standard InChI is InChI=1S/C14H18N2O/c1-16(13-7-2-3-8-14(13)17)12-6-4-5-11(9-12)10-15/h4-6,9,13-14,17H,2-3,7-8H2,1H3/t13-,14-/m0/s1. The molecule has 2 atom stereocenters. The molecule has 1 saturated carbocycles. The lowest BCUT2D eigenvalue weighted by molar-refractivity contribution is 0.106. The van der Waals surface area contributed by atoms with E-state index in [0.717, 1.165) is 24.9 Å². The van der Waals surface area contributed by atoms with Gasteiger partial charge in [0.2, 0.25) is 0 Å². The van der Waals surface area contributed by atoms with Gasteiger partial charge in [0.15, 0.2) is 0 Å². The van der Waals surface area contributed by atoms with Gasteiger partial charge in [0, 0.05) is 12.7 Å². The fourth-order valence-electron chi connectivity index (χ4n) is 2.53. The van der Waals surface area contributed by atoms with Crippen LogP contribution in [0.4, 0.5) is 5.69 Å². The van der Waals surface area contributed by atoms with Crippen molar-refractivity contribution in [1.82, 2.24) is 0 Å². The third-order valence-corrected chi connectivity index (χ3v) is 3.57. The zero-order chi connectivity index (χ0) is 12.3. The van der Waals surface area contributed by atoms with Crippen LogP contribution < -0.4 is 4.90 Å². The molecule has 1 N–H and O–H groups in total. The van der Waals surface area contributed by atoms with Crippen LogP contribution in [0.5, 0.6) is 0 Å². The molecule has 2 rings (SSSR count). The molecule has 3 nitrogen and oxygen atoms in total. The number of hydrogen-bond donors (Lipinski definition) is 1. The minimum Gasteiger partial charge on any atom is -0.391 e. The van der Waals surface area contributed by atoms with Crippen LogP contribution >= 0.6 is 0 Å². The molecule has 0 spiro atoms. The van der Waals surface area contributed by atoms with E-state index in [1.807, 2.05) is 25.2 Å². The highest BCUT2D eigenvalue weighted by atomic mass is 16.3. The summed E-state index contributed by atoms with van der Waals surface area (Å²) in [7, 11) is 2.00. The predicted octanol–water partition coefficient (Wildman–Crippen LogP) is 2.30. The van der Waals surface area contributed by atoms with Gasteiger partial charge in [-0.3, -0.25) is 0 Å². The van der Waals surface area contributed by atoms with Crippen molar-refractivity contribution in [2.24, 2.45) is 0 Å². The Labute approximate surface area is 102 Å². The van der Waals surface area contributed by atoms with E-state index in [1.54, 1.807) is 6.07 Å². The highest BCUT2D eigenvalue weighted by Crippen LogP contribution is 2.26. The number of anilines is 1. The molecule has 1 aliphatic rings. The van der Waals surface area contributed by atoms with Crippen molar-refractivity contribution in [1.29, 1.82) is 5.26 Å². The normalized spacial score (nSPS) is 24.1. The molecule has 0 aliphatic heterocycles. The van der Waals surface area contributed by atoms with Crippen molar-refractivity contribution in [3.63, 3.8) is 0 Å². The number of likely N-dealkylation sites (N-methyl/N-ethyl adjacent to an activating group) is 1. The van der Waals surface area contributed by atoms with Crippen LogP contribution in [0.25, 0.3) is 0 Å². The van der Waals surface area contributed by atoms with Crippen LogP contribution in [-0.4, -0.2) is 24.3 Å². The molecule has 1 aromatic rings. The summed E-state index contributed by atoms with van der Waals surface area (Å²) >= 11 is 0. The van der Waals surface area contributed by atoms with Crippen molar-refractivity contribution in [2.45, 2.75) is 37.8 Å². The fourth-order valence-corrected chi connectivity index (χ4v) is 2.53. The number of nitriles is 1. The van der Waals surface area contributed by atoms with E-state index in [9.17, 15) is 5.11 Å². The smallest absolute Gasteiger partial charge is 0.0992 e. The maximum absolute atomic E-state index is 10.0. The Kier molecular flexibility index (Phi) is 3.65. The molecule has 1 fully saturated rings. The zero-order valence-corrected chi connectivity index (χ0v) is 10.1. The molecule has 0 saturated heterocycles. The third-order valence-electron chi connectivity index (χ3n) is 3.57. The summed E-state index contributed by atoms with van der Waals surface area (Å²) in [5.41, 5.74) is 1.68. The minimum atomic E-state index is -0.250. The van der Waals surface area contributed by atoms with E-state index in [-0.39, 0.29) is 12.1 Å². The van der Waals surface area contributed by atoms with Gasteiger partial charge >= 0.3 is 0 Å². The Morgan fingerprint density at radius 3 is 2.82 bits per heavy atom. The van der Waals surface area contributed by atoms with Gasteiger partial charge in [-0.25, -0.2) is 0 Å². The highest BCUT2D eigenvalue weighted by Gasteiger charge is 2.26. The predicted molar refractivity (Wildman–Crippen MR) is 67.8 cm³/mol. The topological polar surface area (TPSA) is 47.3 Å². The second-order valence-corrected chi connectivity index (χ2v) is 4.69. The lowest BCUT2D eigenvalue weighted by Gasteiger charge is -2.36. The molecule has 0 amide bonds. The van der Waals surface area contributed by atoms with E-state index in [1.165, 1.54) is 6.42 Å². The fraction of sp³-hybridized carbons (Fsp3) is 0.500. The van der Waals surface area contributed by atoms with E-state index < -0.39 is 0 Å². The molecular weight excluding hydrogens is 212 g/mol. The molecule has 0 unspecified atom stereocenters. The zero-order valence-electron chi connectivity index (χ0n) is 10.1. The Morgan fingerprint density at radius 1 is 1.35 bits per heavy atom. The van der Waals surface area contributed by atoms with Gasteiger partial charge in [0.25, 0.3) is 0 Å². The molecule has 0 aromatic heterocycles. The van der Waals surface area contributed by atoms with Gasteiger partial charge in [-0.05, 0) is 31.0 Å². The maximum Gasteiger partial charge on any atom is 0.0992 e. The van der Waals surface area contributed by atoms with Gasteiger partial charge in [0.1, 0.15) is 0 Å². The van der Waals surface area contributed by atoms with Crippen molar-refractivity contribution >= 4 is 5.69 Å². The molecule has 17 heavy (non-hydrogen) atoms. The molecular formula is C14H18N2O. The highest BCUT2D eigenvalue weighted by molar-refractivity contribution is 5.51. The quantitative estimate of drug-likeness (QED) is 0.848. The first-order chi connectivity index (χ1) is 8.22. The summed E-state index contributed by atoms with van der Waals surface area (Å²) in [6, 6.07) is 9.88. The molecule has 1 aromatic carbocycles. The van der Waals surface area contributed by atoms with Gasteiger partial charge in [0.05, 0.1) is 23.8 Å². The van der Waals surface area contributed by atoms with Crippen LogP contribution in [-0.2, 0) is 0 Å². The summed E-state index contributed by atoms with van der Waals surface area (Å²) in [4.78, 5) is 2.10. The first kappa shape index (κ1) is 11.9. The van der Waals surface area contributed by atoms with Gasteiger partial charge in [-0.1, -0.05) is 18.9 Å². The third kappa shape index (κ3) is 2.59. The van der Waals surface area contributed by atoms with Crippen LogP contribution in [0.1, 0.15) is 31.2 Å². The van der Waals surface area contributed by atoms with Crippen LogP contribution in [0.15, 0.2) is 24.3 Å². The molecule has 1 aliphatic carbocycles. The maximum atomic E-state index is 10.0. The summed E-state index contributed by atoms with van der Waals surface area (Å²) in [5, 5.41) is 18.9. The number of nitrogens with zero attached hydrogens (tertiary/aromatic N) is 2. The molecule has 0 bridgehead atoms. The van der Waals surface area contributed by atoms with E-state index in [4.69, 9.17) is 5.26 Å². The minimum absolute atomic E-state index is 0.178. The second-order valence-electron chi connectivity index (χ2n) is 4.69. The number of aliphatic hydroxyl groups excluding tert-OH is 1. The average Bonchev–Trinajstić information content (AvgIpc) is 2.38. The van der Waals surface area contributed by atoms with Gasteiger partial charge in [-0.15, -0.1) is 0 Å². The Hall–Kier alpha value is -1.53. The van der Waals surface area contributed by atoms with Crippen molar-refractivity contribution < 1.29 is 5.11 Å². The van der Waals surface area contributed by atoms with Gasteiger partial charge in [-0.2, -0.15) is 5.26 Å². The van der Waals surface area contributed by atoms with Crippen LogP contribution in [0.3, 0.4) is 0 Å². The van der Waals surface area contributed by atoms with E-state index >= 15 is 0 Å². The lowest BCUT2D eigenvalue weighted by atomic mass is 9.91. The van der Waals surface area contributed by atoms with Crippen molar-refractivity contribution in [3.05, 3.63) is 29.8 Å². The van der Waals surface area contributed by atoms with Gasteiger partial charge < -0.3 is 10.0 Å². The molecule has 0 radical (unpaired) electrons. The number of aliphatic hydroxyl groups is 1. The largest absolute Gasteiger partial charge is 0.391 e. The Bertz CT molecular complexity index is 424. The van der Waals surface area contributed by atoms with Crippen LogP contribution in [0, 0.1) is 11.3 Å². The Balaban J connectivity index is 2.18. The summed E-state index contributed by atoms with van der Waals surface area (Å²) in [6.45, 7) is 0. The van der Waals surface area contributed by atoms with E-state index in [2.05, 4.69) is 11.0 Å². The van der Waals surface area contributed by atoms with Crippen LogP contribution in [0.2, 0.25) is 0 Å². The second kappa shape index (κ2) is 5.20. The molecule has 0 heterocycles. The summed E-state index contributed by atoms with van der Waals surface area (Å²) in [6.07, 6.45) is 3.94. The van der Waals surface area contributed by atoms with E-state index in [0.29, 0.717) is 5.56 Å². The number of benzene rings is 1. The van der Waals surface area contributed by atoms with Crippen molar-refractivity contribution in [3.8, 4) is 6.07 Å². The molecule has 90 valence electrons. The summed E-state index contributed by atoms with van der Waals surface area (Å²) in [5.74, 6) is 0. The first-order valence-electron chi connectivity index (χ1n) is 6.13. The summed E-state index contributed by atoms with van der Waals surface area (Å²) < 4.78 is 0. The van der Waals surface area contributed by atoms with Crippen molar-refractivity contribution in [2.75, 3.05) is 11.9 Å². The Morgan fingerprint density at radius 2 is 2.12 bits per heavy atom. The number of rotatable bonds is 2. The monoisotopic (exact) mass is 230 g/mol. The SMILES string of the molecule is CN(c1cccc(C#N)c1)[C@H]1CCCC[C@@H]1O.